The van der Waals surface area contributed by atoms with Crippen LogP contribution in [0.25, 0.3) is 0 Å². The van der Waals surface area contributed by atoms with E-state index in [1.807, 2.05) is 84.9 Å². The first kappa shape index (κ1) is 23.3. The van der Waals surface area contributed by atoms with E-state index in [1.54, 1.807) is 7.11 Å². The first-order valence-electron chi connectivity index (χ1n) is 11.1. The molecule has 1 N–H and O–H groups in total. The van der Waals surface area contributed by atoms with Gasteiger partial charge in [-0.3, -0.25) is 0 Å². The van der Waals surface area contributed by atoms with Crippen molar-refractivity contribution in [3.8, 4) is 11.5 Å². The van der Waals surface area contributed by atoms with Crippen LogP contribution in [0.2, 0.25) is 0 Å². The molecule has 1 aliphatic heterocycles. The van der Waals surface area contributed by atoms with Gasteiger partial charge in [-0.25, -0.2) is 0 Å². The van der Waals surface area contributed by atoms with Crippen LogP contribution in [0.4, 0.5) is 0 Å². The third-order valence-electron chi connectivity index (χ3n) is 5.59. The van der Waals surface area contributed by atoms with Crippen LogP contribution in [0.1, 0.15) is 11.1 Å². The number of hydrogen-bond acceptors (Lipinski definition) is 6. The molecule has 3 aromatic carbocycles. The van der Waals surface area contributed by atoms with Gasteiger partial charge in [-0.1, -0.05) is 60.7 Å². The van der Waals surface area contributed by atoms with Gasteiger partial charge in [-0.05, 0) is 35.4 Å². The van der Waals surface area contributed by atoms with Gasteiger partial charge in [0.1, 0.15) is 42.5 Å². The lowest BCUT2D eigenvalue weighted by Gasteiger charge is -2.21. The molecule has 0 aliphatic carbocycles. The van der Waals surface area contributed by atoms with Gasteiger partial charge in [0.05, 0.1) is 26.9 Å². The van der Waals surface area contributed by atoms with Crippen LogP contribution in [-0.4, -0.2) is 49.8 Å². The largest absolute Gasteiger partial charge is 0.497 e. The maximum Gasteiger partial charge on any atom is 0.121 e. The Labute approximate surface area is 194 Å². The molecule has 1 fully saturated rings. The molecule has 0 radical (unpaired) electrons. The third-order valence-corrected chi connectivity index (χ3v) is 5.59. The van der Waals surface area contributed by atoms with Gasteiger partial charge in [-0.15, -0.1) is 0 Å². The topological polar surface area (TPSA) is 66.4 Å². The molecule has 174 valence electrons. The highest BCUT2D eigenvalue weighted by atomic mass is 16.6. The van der Waals surface area contributed by atoms with Crippen molar-refractivity contribution < 1.29 is 28.8 Å². The zero-order valence-electron chi connectivity index (χ0n) is 18.7. The van der Waals surface area contributed by atoms with E-state index in [1.165, 1.54) is 0 Å². The maximum atomic E-state index is 11.0. The second-order valence-electron chi connectivity index (χ2n) is 7.95. The van der Waals surface area contributed by atoms with E-state index in [0.29, 0.717) is 19.0 Å². The third kappa shape index (κ3) is 6.55. The fraction of sp³-hybridized carbons (Fsp3) is 0.333. The van der Waals surface area contributed by atoms with Crippen molar-refractivity contribution in [2.75, 3.05) is 20.3 Å². The molecule has 4 atom stereocenters. The normalized spacial score (nSPS) is 22.2. The van der Waals surface area contributed by atoms with Crippen molar-refractivity contribution in [2.45, 2.75) is 37.6 Å². The molecule has 6 nitrogen and oxygen atoms in total. The zero-order valence-corrected chi connectivity index (χ0v) is 18.7. The summed E-state index contributed by atoms with van der Waals surface area (Å²) in [4.78, 5) is 0. The highest BCUT2D eigenvalue weighted by molar-refractivity contribution is 5.31. The molecule has 3 unspecified atom stereocenters. The molecule has 1 heterocycles. The number of hydrogen-bond donors (Lipinski definition) is 1. The molecule has 6 heteroatoms. The van der Waals surface area contributed by atoms with Crippen LogP contribution >= 0.6 is 0 Å². The molecule has 0 bridgehead atoms. The fourth-order valence-electron chi connectivity index (χ4n) is 3.78. The number of aliphatic hydroxyl groups excluding tert-OH is 1. The van der Waals surface area contributed by atoms with E-state index >= 15 is 0 Å². The molecular weight excluding hydrogens is 420 g/mol. The van der Waals surface area contributed by atoms with Gasteiger partial charge in [-0.2, -0.15) is 0 Å². The van der Waals surface area contributed by atoms with E-state index in [2.05, 4.69) is 0 Å². The lowest BCUT2D eigenvalue weighted by atomic mass is 10.1. The van der Waals surface area contributed by atoms with Gasteiger partial charge in [0, 0.05) is 0 Å². The SMILES string of the molecule is COc1ccc(OC[C@@H]2OC(COCc3ccccc3)C(O)C2OCc2ccccc2)cc1. The monoisotopic (exact) mass is 450 g/mol. The van der Waals surface area contributed by atoms with Crippen molar-refractivity contribution in [1.29, 1.82) is 0 Å². The van der Waals surface area contributed by atoms with Crippen LogP contribution in [0, 0.1) is 0 Å². The summed E-state index contributed by atoms with van der Waals surface area (Å²) in [5.41, 5.74) is 2.10. The highest BCUT2D eigenvalue weighted by Crippen LogP contribution is 2.27. The number of methoxy groups -OCH3 is 1. The van der Waals surface area contributed by atoms with Crippen LogP contribution in [-0.2, 0) is 27.4 Å². The molecule has 33 heavy (non-hydrogen) atoms. The van der Waals surface area contributed by atoms with Gasteiger partial charge in [0.2, 0.25) is 0 Å². The van der Waals surface area contributed by atoms with Crippen LogP contribution < -0.4 is 9.47 Å². The molecule has 4 rings (SSSR count). The minimum Gasteiger partial charge on any atom is -0.497 e. The van der Waals surface area contributed by atoms with E-state index in [0.717, 1.165) is 16.9 Å². The van der Waals surface area contributed by atoms with E-state index in [4.69, 9.17) is 23.7 Å². The minimum absolute atomic E-state index is 0.248. The van der Waals surface area contributed by atoms with Crippen molar-refractivity contribution in [2.24, 2.45) is 0 Å². The molecule has 3 aromatic rings. The highest BCUT2D eigenvalue weighted by Gasteiger charge is 2.45. The van der Waals surface area contributed by atoms with Crippen molar-refractivity contribution in [3.63, 3.8) is 0 Å². The predicted octanol–water partition coefficient (Wildman–Crippen LogP) is 4.00. The maximum absolute atomic E-state index is 11.0. The second-order valence-corrected chi connectivity index (χ2v) is 7.95. The van der Waals surface area contributed by atoms with E-state index < -0.39 is 24.4 Å². The van der Waals surface area contributed by atoms with Crippen LogP contribution in [0.5, 0.6) is 11.5 Å². The summed E-state index contributed by atoms with van der Waals surface area (Å²) in [5.74, 6) is 1.45. The Morgan fingerprint density at radius 3 is 1.97 bits per heavy atom. The standard InChI is InChI=1S/C27H30O6/c1-29-22-12-14-23(15-13-22)31-19-25-27(32-17-21-10-6-3-7-11-21)26(28)24(33-25)18-30-16-20-8-4-2-5-9-20/h2-15,24-28H,16-19H2,1H3/t24?,25-,26?,27?/m0/s1. The Bertz CT molecular complexity index is 947. The van der Waals surface area contributed by atoms with Crippen LogP contribution in [0.3, 0.4) is 0 Å². The molecule has 0 saturated carbocycles. The number of aliphatic hydroxyl groups is 1. The summed E-state index contributed by atoms with van der Waals surface area (Å²) >= 11 is 0. The molecule has 1 aliphatic rings. The molecule has 1 saturated heterocycles. The van der Waals surface area contributed by atoms with Gasteiger partial charge < -0.3 is 28.8 Å². The Morgan fingerprint density at radius 1 is 0.727 bits per heavy atom. The van der Waals surface area contributed by atoms with E-state index in [-0.39, 0.29) is 13.2 Å². The fourth-order valence-corrected chi connectivity index (χ4v) is 3.78. The minimum atomic E-state index is -0.825. The molecule has 0 amide bonds. The second kappa shape index (κ2) is 11.8. The average Bonchev–Trinajstić information content (AvgIpc) is 3.17. The smallest absolute Gasteiger partial charge is 0.121 e. The number of benzene rings is 3. The quantitative estimate of drug-likeness (QED) is 0.476. The van der Waals surface area contributed by atoms with Crippen molar-refractivity contribution in [1.82, 2.24) is 0 Å². The van der Waals surface area contributed by atoms with Crippen molar-refractivity contribution >= 4 is 0 Å². The van der Waals surface area contributed by atoms with Crippen molar-refractivity contribution in [3.05, 3.63) is 96.1 Å². The Balaban J connectivity index is 1.36. The Kier molecular flexibility index (Phi) is 8.33. The van der Waals surface area contributed by atoms with Gasteiger partial charge in [0.25, 0.3) is 0 Å². The summed E-state index contributed by atoms with van der Waals surface area (Å²) in [6.07, 6.45) is -2.29. The average molecular weight is 451 g/mol. The summed E-state index contributed by atoms with van der Waals surface area (Å²) in [6, 6.07) is 27.1. The lowest BCUT2D eigenvalue weighted by molar-refractivity contribution is -0.0628. The lowest BCUT2D eigenvalue weighted by Crippen LogP contribution is -2.38. The molecular formula is C27H30O6. The zero-order chi connectivity index (χ0) is 22.9. The van der Waals surface area contributed by atoms with E-state index in [9.17, 15) is 5.11 Å². The van der Waals surface area contributed by atoms with Crippen LogP contribution in [0.15, 0.2) is 84.9 Å². The number of ether oxygens (including phenoxy) is 5. The van der Waals surface area contributed by atoms with Gasteiger partial charge >= 0.3 is 0 Å². The summed E-state index contributed by atoms with van der Waals surface area (Å²) in [6.45, 7) is 1.34. The Hall–Kier alpha value is -2.90. The summed E-state index contributed by atoms with van der Waals surface area (Å²) in [5, 5.41) is 11.0. The first-order valence-corrected chi connectivity index (χ1v) is 11.1. The number of rotatable bonds is 11. The summed E-state index contributed by atoms with van der Waals surface area (Å²) in [7, 11) is 1.62. The predicted molar refractivity (Wildman–Crippen MR) is 124 cm³/mol. The van der Waals surface area contributed by atoms with Gasteiger partial charge in [0.15, 0.2) is 0 Å². The molecule has 0 spiro atoms. The Morgan fingerprint density at radius 2 is 1.33 bits per heavy atom. The first-order chi connectivity index (χ1) is 16.2. The molecule has 0 aromatic heterocycles. The summed E-state index contributed by atoms with van der Waals surface area (Å²) < 4.78 is 29.2.